The van der Waals surface area contributed by atoms with Crippen LogP contribution in [0.1, 0.15) is 43.4 Å². The maximum Gasteiger partial charge on any atom is 0.416 e. The molecule has 6 nitrogen and oxygen atoms in total. The number of nitrogens with zero attached hydrogens (tertiary/aromatic N) is 2. The lowest BCUT2D eigenvalue weighted by atomic mass is 9.94. The molecule has 0 bridgehead atoms. The first-order valence-corrected chi connectivity index (χ1v) is 11.4. The number of carbonyl (C=O) groups excluding carboxylic acids is 2. The van der Waals surface area contributed by atoms with Crippen molar-refractivity contribution in [2.75, 3.05) is 5.32 Å². The molecule has 12 heteroatoms. The summed E-state index contributed by atoms with van der Waals surface area (Å²) < 4.78 is 69.4. The first kappa shape index (κ1) is 25.4. The molecule has 1 atom stereocenters. The zero-order valence-electron chi connectivity index (χ0n) is 19.3. The van der Waals surface area contributed by atoms with E-state index < -0.39 is 46.8 Å². The van der Waals surface area contributed by atoms with E-state index in [1.165, 1.54) is 24.4 Å². The van der Waals surface area contributed by atoms with Gasteiger partial charge in [0.05, 0.1) is 11.6 Å². The summed E-state index contributed by atoms with van der Waals surface area (Å²) in [5.74, 6) is -3.06. The number of amides is 2. The lowest BCUT2D eigenvalue weighted by molar-refractivity contribution is -0.137. The molecule has 0 spiro atoms. The number of nitrogens with one attached hydrogen (secondary N) is 2. The average Bonchev–Trinajstić information content (AvgIpc) is 3.42. The van der Waals surface area contributed by atoms with Crippen LogP contribution in [0.2, 0.25) is 5.02 Å². The Morgan fingerprint density at radius 3 is 2.53 bits per heavy atom. The fraction of sp³-hybridized carbons (Fsp3) is 0.115. The number of benzene rings is 3. The van der Waals surface area contributed by atoms with E-state index in [0.717, 1.165) is 12.1 Å². The number of alkyl halides is 3. The van der Waals surface area contributed by atoms with Crippen LogP contribution in [0, 0.1) is 11.6 Å². The minimum Gasteiger partial charge on any atom is -0.341 e. The lowest BCUT2D eigenvalue weighted by Gasteiger charge is -2.19. The summed E-state index contributed by atoms with van der Waals surface area (Å²) >= 11 is 6.29. The second-order valence-electron chi connectivity index (χ2n) is 8.60. The van der Waals surface area contributed by atoms with Crippen molar-refractivity contribution in [1.82, 2.24) is 14.9 Å². The molecule has 2 heterocycles. The van der Waals surface area contributed by atoms with Crippen molar-refractivity contribution in [2.24, 2.45) is 7.05 Å². The standard InChI is InChI=1S/C26H16ClF5N4O2/c1-36-5-4-33-23(36)12-8-18-21(22(35-25(18)38)17-11-15(28)2-3-19(17)27)20(9-12)34-24(37)13-6-14(26(30,31)32)10-16(29)7-13/h2-11,22H,1H3,(H,34,37)(H,35,38). The number of hydrogen-bond donors (Lipinski definition) is 2. The van der Waals surface area contributed by atoms with Crippen molar-refractivity contribution in [3.63, 3.8) is 0 Å². The normalized spacial score (nSPS) is 14.8. The number of hydrogen-bond acceptors (Lipinski definition) is 3. The molecule has 5 rings (SSSR count). The number of fused-ring (bicyclic) bond motifs is 1. The maximum absolute atomic E-state index is 14.1. The summed E-state index contributed by atoms with van der Waals surface area (Å²) in [4.78, 5) is 30.3. The van der Waals surface area contributed by atoms with E-state index in [-0.39, 0.29) is 33.5 Å². The van der Waals surface area contributed by atoms with Crippen molar-refractivity contribution in [3.8, 4) is 11.4 Å². The molecule has 0 saturated carbocycles. The quantitative estimate of drug-likeness (QED) is 0.303. The van der Waals surface area contributed by atoms with E-state index in [9.17, 15) is 31.5 Å². The van der Waals surface area contributed by atoms with Crippen LogP contribution in [0.3, 0.4) is 0 Å². The number of halogens is 6. The predicted octanol–water partition coefficient (Wildman–Crippen LogP) is 6.12. The Morgan fingerprint density at radius 1 is 1.08 bits per heavy atom. The van der Waals surface area contributed by atoms with Gasteiger partial charge in [-0.1, -0.05) is 11.6 Å². The van der Waals surface area contributed by atoms with Gasteiger partial charge in [-0.15, -0.1) is 0 Å². The van der Waals surface area contributed by atoms with Crippen molar-refractivity contribution >= 4 is 29.1 Å². The Morgan fingerprint density at radius 2 is 1.84 bits per heavy atom. The summed E-state index contributed by atoms with van der Waals surface area (Å²) in [6, 6.07) is 7.04. The van der Waals surface area contributed by atoms with Gasteiger partial charge in [-0.05, 0) is 48.5 Å². The van der Waals surface area contributed by atoms with E-state index in [4.69, 9.17) is 11.6 Å². The molecule has 38 heavy (non-hydrogen) atoms. The third-order valence-corrected chi connectivity index (χ3v) is 6.42. The van der Waals surface area contributed by atoms with Gasteiger partial charge in [-0.25, -0.2) is 13.8 Å². The summed E-state index contributed by atoms with van der Waals surface area (Å²) in [5.41, 5.74) is -0.983. The molecule has 4 aromatic rings. The van der Waals surface area contributed by atoms with Crippen LogP contribution >= 0.6 is 11.6 Å². The lowest BCUT2D eigenvalue weighted by Crippen LogP contribution is -2.21. The smallest absolute Gasteiger partial charge is 0.341 e. The van der Waals surface area contributed by atoms with Crippen LogP contribution in [0.15, 0.2) is 60.9 Å². The fourth-order valence-corrected chi connectivity index (χ4v) is 4.58. The fourth-order valence-electron chi connectivity index (χ4n) is 4.36. The van der Waals surface area contributed by atoms with Gasteiger partial charge in [0.25, 0.3) is 11.8 Å². The van der Waals surface area contributed by atoms with Crippen LogP contribution < -0.4 is 10.6 Å². The van der Waals surface area contributed by atoms with Gasteiger partial charge >= 0.3 is 6.18 Å². The monoisotopic (exact) mass is 546 g/mol. The largest absolute Gasteiger partial charge is 0.416 e. The molecular formula is C26H16ClF5N4O2. The summed E-state index contributed by atoms with van der Waals surface area (Å²) in [6.07, 6.45) is -1.71. The molecule has 194 valence electrons. The summed E-state index contributed by atoms with van der Waals surface area (Å²) in [5, 5.41) is 5.34. The number of rotatable bonds is 4. The number of aromatic nitrogens is 2. The zero-order chi connectivity index (χ0) is 27.4. The molecule has 2 N–H and O–H groups in total. The van der Waals surface area contributed by atoms with Gasteiger partial charge in [-0.2, -0.15) is 13.2 Å². The first-order valence-electron chi connectivity index (χ1n) is 11.0. The van der Waals surface area contributed by atoms with Gasteiger partial charge in [0.2, 0.25) is 0 Å². The zero-order valence-corrected chi connectivity index (χ0v) is 20.1. The SMILES string of the molecule is Cn1ccnc1-c1cc(NC(=O)c2cc(F)cc(C(F)(F)F)c2)c2c(c1)C(=O)NC2c1cc(F)ccc1Cl. The summed E-state index contributed by atoms with van der Waals surface area (Å²) in [7, 11) is 1.70. The highest BCUT2D eigenvalue weighted by Crippen LogP contribution is 2.41. The van der Waals surface area contributed by atoms with Crippen LogP contribution in [0.4, 0.5) is 27.6 Å². The molecule has 0 saturated heterocycles. The highest BCUT2D eigenvalue weighted by molar-refractivity contribution is 6.31. The second-order valence-corrected chi connectivity index (χ2v) is 9.01. The number of anilines is 1. The third kappa shape index (κ3) is 4.60. The Hall–Kier alpha value is -4.25. The average molecular weight is 547 g/mol. The van der Waals surface area contributed by atoms with Gasteiger partial charge in [0.1, 0.15) is 17.5 Å². The Labute approximate surface area is 217 Å². The Balaban J connectivity index is 1.66. The molecule has 1 aliphatic heterocycles. The summed E-state index contributed by atoms with van der Waals surface area (Å²) in [6.45, 7) is 0. The molecule has 0 radical (unpaired) electrons. The first-order chi connectivity index (χ1) is 17.9. The van der Waals surface area contributed by atoms with E-state index in [0.29, 0.717) is 23.5 Å². The molecular weight excluding hydrogens is 531 g/mol. The Kier molecular flexibility index (Phi) is 6.18. The Bertz CT molecular complexity index is 1620. The van der Waals surface area contributed by atoms with Crippen molar-refractivity contribution in [1.29, 1.82) is 0 Å². The topological polar surface area (TPSA) is 76.0 Å². The van der Waals surface area contributed by atoms with Gasteiger partial charge < -0.3 is 15.2 Å². The third-order valence-electron chi connectivity index (χ3n) is 6.07. The minimum atomic E-state index is -4.88. The van der Waals surface area contributed by atoms with Gasteiger partial charge in [-0.3, -0.25) is 9.59 Å². The minimum absolute atomic E-state index is 0.0204. The van der Waals surface area contributed by atoms with Crippen molar-refractivity contribution in [2.45, 2.75) is 12.2 Å². The molecule has 3 aromatic carbocycles. The van der Waals surface area contributed by atoms with Crippen molar-refractivity contribution in [3.05, 3.63) is 105 Å². The number of carbonyl (C=O) groups is 2. The molecule has 0 fully saturated rings. The second kappa shape index (κ2) is 9.25. The van der Waals surface area contributed by atoms with E-state index in [1.54, 1.807) is 17.8 Å². The molecule has 0 aliphatic carbocycles. The van der Waals surface area contributed by atoms with E-state index in [1.807, 2.05) is 0 Å². The number of imidazole rings is 1. The maximum atomic E-state index is 14.1. The van der Waals surface area contributed by atoms with E-state index >= 15 is 0 Å². The van der Waals surface area contributed by atoms with Crippen molar-refractivity contribution < 1.29 is 31.5 Å². The highest BCUT2D eigenvalue weighted by atomic mass is 35.5. The molecule has 1 aromatic heterocycles. The van der Waals surface area contributed by atoms with Gasteiger partial charge in [0.15, 0.2) is 0 Å². The van der Waals surface area contributed by atoms with E-state index in [2.05, 4.69) is 15.6 Å². The molecule has 2 amide bonds. The molecule has 1 aliphatic rings. The van der Waals surface area contributed by atoms with Gasteiger partial charge in [0, 0.05) is 58.0 Å². The molecule has 1 unspecified atom stereocenters. The number of aryl methyl sites for hydroxylation is 1. The van der Waals surface area contributed by atoms with Crippen LogP contribution in [-0.4, -0.2) is 21.4 Å². The van der Waals surface area contributed by atoms with Crippen LogP contribution in [-0.2, 0) is 13.2 Å². The van der Waals surface area contributed by atoms with Crippen LogP contribution in [0.25, 0.3) is 11.4 Å². The predicted molar refractivity (Wildman–Crippen MR) is 129 cm³/mol. The highest BCUT2D eigenvalue weighted by Gasteiger charge is 2.36. The van der Waals surface area contributed by atoms with Crippen LogP contribution in [0.5, 0.6) is 0 Å².